The van der Waals surface area contributed by atoms with Crippen molar-refractivity contribution in [2.45, 2.75) is 26.3 Å². The molecule has 1 N–H and O–H groups in total. The maximum atomic E-state index is 14.0. The monoisotopic (exact) mass is 276 g/mol. The molecule has 0 aliphatic rings. The number of hydrogen-bond acceptors (Lipinski definition) is 2. The minimum absolute atomic E-state index is 0.316. The van der Waals surface area contributed by atoms with Crippen molar-refractivity contribution in [2.24, 2.45) is 0 Å². The first kappa shape index (κ1) is 14.6. The quantitative estimate of drug-likeness (QED) is 0.899. The maximum absolute atomic E-state index is 14.0. The normalized spacial score (nSPS) is 12.4. The summed E-state index contributed by atoms with van der Waals surface area (Å²) in [6.45, 7) is 4.66. The Morgan fingerprint density at radius 1 is 1.20 bits per heavy atom. The van der Waals surface area contributed by atoms with Gasteiger partial charge in [0, 0.05) is 11.8 Å². The smallest absolute Gasteiger partial charge is 0.146 e. The van der Waals surface area contributed by atoms with E-state index in [1.54, 1.807) is 18.3 Å². The summed E-state index contributed by atoms with van der Waals surface area (Å²) in [5.41, 5.74) is 2.17. The van der Waals surface area contributed by atoms with Gasteiger partial charge in [0.05, 0.1) is 12.2 Å². The van der Waals surface area contributed by atoms with Crippen molar-refractivity contribution < 1.29 is 8.78 Å². The highest BCUT2D eigenvalue weighted by molar-refractivity contribution is 5.37. The van der Waals surface area contributed by atoms with E-state index < -0.39 is 0 Å². The predicted molar refractivity (Wildman–Crippen MR) is 75.5 cm³/mol. The van der Waals surface area contributed by atoms with Gasteiger partial charge in [-0.1, -0.05) is 13.0 Å². The van der Waals surface area contributed by atoms with Crippen LogP contribution in [0.25, 0.3) is 0 Å². The number of hydrogen-bond donors (Lipinski definition) is 1. The summed E-state index contributed by atoms with van der Waals surface area (Å²) < 4.78 is 27.5. The highest BCUT2D eigenvalue weighted by Crippen LogP contribution is 2.27. The summed E-state index contributed by atoms with van der Waals surface area (Å²) in [6.07, 6.45) is 3.65. The van der Waals surface area contributed by atoms with Crippen LogP contribution < -0.4 is 5.32 Å². The fourth-order valence-electron chi connectivity index (χ4n) is 2.22. The number of pyridine rings is 1. The molecule has 0 aliphatic heterocycles. The van der Waals surface area contributed by atoms with Gasteiger partial charge in [0.2, 0.25) is 0 Å². The molecule has 0 fully saturated rings. The molecule has 1 atom stereocenters. The van der Waals surface area contributed by atoms with Crippen LogP contribution in [0.4, 0.5) is 8.78 Å². The van der Waals surface area contributed by atoms with Gasteiger partial charge in [-0.3, -0.25) is 4.98 Å². The van der Waals surface area contributed by atoms with Gasteiger partial charge in [0.15, 0.2) is 0 Å². The van der Waals surface area contributed by atoms with Crippen LogP contribution in [0.3, 0.4) is 0 Å². The Balaban J connectivity index is 2.47. The fraction of sp³-hybridized carbons (Fsp3) is 0.312. The molecule has 0 bridgehead atoms. The molecule has 0 radical (unpaired) electrons. The Morgan fingerprint density at radius 3 is 2.70 bits per heavy atom. The number of halogens is 2. The van der Waals surface area contributed by atoms with E-state index in [2.05, 4.69) is 10.3 Å². The minimum Gasteiger partial charge on any atom is -0.306 e. The lowest BCUT2D eigenvalue weighted by molar-refractivity contribution is 0.538. The largest absolute Gasteiger partial charge is 0.306 e. The van der Waals surface area contributed by atoms with E-state index >= 15 is 0 Å². The number of aryl methyl sites for hydroxylation is 1. The van der Waals surface area contributed by atoms with Crippen LogP contribution >= 0.6 is 0 Å². The number of nitrogens with one attached hydrogen (secondary N) is 1. The first-order chi connectivity index (χ1) is 9.63. The maximum Gasteiger partial charge on any atom is 0.146 e. The summed E-state index contributed by atoms with van der Waals surface area (Å²) in [7, 11) is 0. The van der Waals surface area contributed by atoms with Crippen molar-refractivity contribution in [3.8, 4) is 0 Å². The molecule has 2 nitrogen and oxygen atoms in total. The molecule has 0 spiro atoms. The predicted octanol–water partition coefficient (Wildman–Crippen LogP) is 3.76. The van der Waals surface area contributed by atoms with E-state index in [1.807, 2.05) is 13.8 Å². The van der Waals surface area contributed by atoms with Gasteiger partial charge < -0.3 is 5.32 Å². The fourth-order valence-corrected chi connectivity index (χ4v) is 2.22. The van der Waals surface area contributed by atoms with Gasteiger partial charge in [-0.05, 0) is 49.2 Å². The van der Waals surface area contributed by atoms with Crippen molar-refractivity contribution in [3.63, 3.8) is 0 Å². The van der Waals surface area contributed by atoms with Gasteiger partial charge in [-0.15, -0.1) is 0 Å². The van der Waals surface area contributed by atoms with E-state index in [0.29, 0.717) is 5.56 Å². The molecular formula is C16H18F2N2. The van der Waals surface area contributed by atoms with Crippen LogP contribution in [0.5, 0.6) is 0 Å². The molecule has 106 valence electrons. The summed E-state index contributed by atoms with van der Waals surface area (Å²) in [4.78, 5) is 3.76. The van der Waals surface area contributed by atoms with Crippen LogP contribution in [0.2, 0.25) is 0 Å². The standard InChI is InChI=1S/C16H18F2N2/c1-3-7-20-16(13-6-8-19-10-15(13)18)14-9-12(17)5-4-11(14)2/h4-6,8-10,16,20H,3,7H2,1-2H3. The van der Waals surface area contributed by atoms with Crippen LogP contribution in [-0.4, -0.2) is 11.5 Å². The molecule has 0 aliphatic carbocycles. The Morgan fingerprint density at radius 2 is 2.00 bits per heavy atom. The Bertz CT molecular complexity index is 584. The van der Waals surface area contributed by atoms with Crippen LogP contribution in [-0.2, 0) is 0 Å². The number of nitrogens with zero attached hydrogens (tertiary/aromatic N) is 1. The molecule has 2 rings (SSSR count). The minimum atomic E-state index is -0.384. The van der Waals surface area contributed by atoms with Gasteiger partial charge in [-0.2, -0.15) is 0 Å². The summed E-state index contributed by atoms with van der Waals surface area (Å²) >= 11 is 0. The number of rotatable bonds is 5. The third kappa shape index (κ3) is 3.20. The van der Waals surface area contributed by atoms with E-state index in [1.165, 1.54) is 18.3 Å². The molecular weight excluding hydrogens is 258 g/mol. The second-order valence-corrected chi connectivity index (χ2v) is 4.79. The van der Waals surface area contributed by atoms with Crippen molar-refractivity contribution in [2.75, 3.05) is 6.54 Å². The third-order valence-corrected chi connectivity index (χ3v) is 3.27. The lowest BCUT2D eigenvalue weighted by atomic mass is 9.95. The van der Waals surface area contributed by atoms with E-state index in [-0.39, 0.29) is 17.7 Å². The molecule has 4 heteroatoms. The average Bonchev–Trinajstić information content (AvgIpc) is 2.44. The van der Waals surface area contributed by atoms with E-state index in [4.69, 9.17) is 0 Å². The van der Waals surface area contributed by atoms with Crippen molar-refractivity contribution in [1.29, 1.82) is 0 Å². The summed E-state index contributed by atoms with van der Waals surface area (Å²) in [5, 5.41) is 3.28. The first-order valence-electron chi connectivity index (χ1n) is 6.72. The summed E-state index contributed by atoms with van der Waals surface area (Å²) in [5.74, 6) is -0.701. The average molecular weight is 276 g/mol. The molecule has 0 saturated carbocycles. The number of aromatic nitrogens is 1. The highest BCUT2D eigenvalue weighted by atomic mass is 19.1. The Hall–Kier alpha value is -1.81. The zero-order valence-corrected chi connectivity index (χ0v) is 11.7. The molecule has 1 unspecified atom stereocenters. The lowest BCUT2D eigenvalue weighted by Gasteiger charge is -2.22. The van der Waals surface area contributed by atoms with Gasteiger partial charge in [-0.25, -0.2) is 8.78 Å². The third-order valence-electron chi connectivity index (χ3n) is 3.27. The second kappa shape index (κ2) is 6.57. The van der Waals surface area contributed by atoms with Crippen LogP contribution in [0.1, 0.15) is 36.1 Å². The van der Waals surface area contributed by atoms with Crippen molar-refractivity contribution in [1.82, 2.24) is 10.3 Å². The zero-order chi connectivity index (χ0) is 14.5. The van der Waals surface area contributed by atoms with E-state index in [9.17, 15) is 8.78 Å². The van der Waals surface area contributed by atoms with Gasteiger partial charge in [0.25, 0.3) is 0 Å². The van der Waals surface area contributed by atoms with Gasteiger partial charge in [0.1, 0.15) is 11.6 Å². The molecule has 0 amide bonds. The lowest BCUT2D eigenvalue weighted by Crippen LogP contribution is -2.25. The molecule has 1 heterocycles. The van der Waals surface area contributed by atoms with E-state index in [0.717, 1.165) is 24.1 Å². The second-order valence-electron chi connectivity index (χ2n) is 4.79. The highest BCUT2D eigenvalue weighted by Gasteiger charge is 2.19. The molecule has 20 heavy (non-hydrogen) atoms. The molecule has 1 aromatic carbocycles. The molecule has 2 aromatic rings. The van der Waals surface area contributed by atoms with Crippen LogP contribution in [0.15, 0.2) is 36.7 Å². The Kier molecular flexibility index (Phi) is 4.79. The molecule has 1 aromatic heterocycles. The SMILES string of the molecule is CCCNC(c1cc(F)ccc1C)c1ccncc1F. The zero-order valence-electron chi connectivity index (χ0n) is 11.7. The number of benzene rings is 1. The van der Waals surface area contributed by atoms with Crippen molar-refractivity contribution in [3.05, 3.63) is 65.0 Å². The van der Waals surface area contributed by atoms with Gasteiger partial charge >= 0.3 is 0 Å². The topological polar surface area (TPSA) is 24.9 Å². The van der Waals surface area contributed by atoms with Crippen molar-refractivity contribution >= 4 is 0 Å². The van der Waals surface area contributed by atoms with Crippen LogP contribution in [0, 0.1) is 18.6 Å². The summed E-state index contributed by atoms with van der Waals surface area (Å²) in [6, 6.07) is 5.85. The molecule has 0 saturated heterocycles. The Labute approximate surface area is 117 Å². The first-order valence-corrected chi connectivity index (χ1v) is 6.72.